The van der Waals surface area contributed by atoms with Gasteiger partial charge in [-0.3, -0.25) is 0 Å². The summed E-state index contributed by atoms with van der Waals surface area (Å²) in [6.45, 7) is 2.06. The van der Waals surface area contributed by atoms with Crippen molar-refractivity contribution in [2.45, 2.75) is 19.8 Å². The highest BCUT2D eigenvalue weighted by Gasteiger charge is 2.11. The Labute approximate surface area is 99.4 Å². The Bertz CT molecular complexity index is 388. The molecule has 0 heterocycles. The van der Waals surface area contributed by atoms with Crippen molar-refractivity contribution in [1.29, 1.82) is 0 Å². The Morgan fingerprint density at radius 3 is 2.81 bits per heavy atom. The Balaban J connectivity index is 2.82. The average molecular weight is 241 g/mol. The highest BCUT2D eigenvalue weighted by atomic mass is 35.5. The molecule has 0 radical (unpaired) electrons. The minimum Gasteiger partial charge on any atom is -0.462 e. The normalized spacial score (nSPS) is 9.88. The molecule has 86 valence electrons. The molecule has 0 bridgehead atoms. The number of hydrogen-bond acceptors (Lipinski definition) is 3. The quantitative estimate of drug-likeness (QED) is 0.587. The molecule has 0 aromatic heterocycles. The Kier molecular flexibility index (Phi) is 4.99. The van der Waals surface area contributed by atoms with Crippen molar-refractivity contribution in [2.24, 2.45) is 0 Å². The number of ether oxygens (including phenoxy) is 1. The number of benzene rings is 1. The molecule has 0 N–H and O–H groups in total. The third kappa shape index (κ3) is 3.35. The van der Waals surface area contributed by atoms with Crippen LogP contribution in [0.2, 0.25) is 5.02 Å². The first-order valence-electron chi connectivity index (χ1n) is 5.08. The maximum Gasteiger partial charge on any atom is 0.339 e. The number of aldehydes is 1. The molecule has 16 heavy (non-hydrogen) atoms. The van der Waals surface area contributed by atoms with Crippen LogP contribution in [0.1, 0.15) is 29.3 Å². The molecular weight excluding hydrogens is 228 g/mol. The van der Waals surface area contributed by atoms with Gasteiger partial charge in [0.1, 0.15) is 6.29 Å². The van der Waals surface area contributed by atoms with E-state index in [1.54, 1.807) is 25.1 Å². The van der Waals surface area contributed by atoms with Gasteiger partial charge in [-0.2, -0.15) is 0 Å². The van der Waals surface area contributed by atoms with E-state index < -0.39 is 5.97 Å². The lowest BCUT2D eigenvalue weighted by atomic mass is 10.1. The Morgan fingerprint density at radius 2 is 2.25 bits per heavy atom. The summed E-state index contributed by atoms with van der Waals surface area (Å²) in [4.78, 5) is 21.6. The van der Waals surface area contributed by atoms with Gasteiger partial charge in [-0.15, -0.1) is 0 Å². The maximum absolute atomic E-state index is 11.4. The summed E-state index contributed by atoms with van der Waals surface area (Å²) in [6, 6.07) is 5.10. The molecule has 0 amide bonds. The molecule has 0 unspecified atom stereocenters. The third-order valence-corrected chi connectivity index (χ3v) is 2.39. The molecule has 0 aliphatic rings. The zero-order valence-corrected chi connectivity index (χ0v) is 9.79. The summed E-state index contributed by atoms with van der Waals surface area (Å²) >= 11 is 5.95. The van der Waals surface area contributed by atoms with Gasteiger partial charge in [0.15, 0.2) is 0 Å². The lowest BCUT2D eigenvalue weighted by molar-refractivity contribution is -0.107. The summed E-state index contributed by atoms with van der Waals surface area (Å²) in [5.74, 6) is -0.422. The van der Waals surface area contributed by atoms with Crippen molar-refractivity contribution in [2.75, 3.05) is 6.61 Å². The van der Waals surface area contributed by atoms with E-state index in [0.717, 1.165) is 11.8 Å². The highest BCUT2D eigenvalue weighted by molar-refractivity contribution is 6.33. The van der Waals surface area contributed by atoms with Crippen molar-refractivity contribution < 1.29 is 14.3 Å². The zero-order chi connectivity index (χ0) is 12.0. The van der Waals surface area contributed by atoms with Crippen LogP contribution >= 0.6 is 11.6 Å². The molecule has 3 nitrogen and oxygen atoms in total. The first-order valence-corrected chi connectivity index (χ1v) is 5.46. The van der Waals surface area contributed by atoms with Crippen molar-refractivity contribution >= 4 is 23.9 Å². The summed E-state index contributed by atoms with van der Waals surface area (Å²) in [7, 11) is 0. The lowest BCUT2D eigenvalue weighted by Gasteiger charge is -2.05. The second-order valence-electron chi connectivity index (χ2n) is 3.24. The van der Waals surface area contributed by atoms with Crippen LogP contribution in [0.3, 0.4) is 0 Å². The number of rotatable bonds is 5. The molecule has 0 saturated heterocycles. The molecule has 0 fully saturated rings. The highest BCUT2D eigenvalue weighted by Crippen LogP contribution is 2.19. The van der Waals surface area contributed by atoms with Gasteiger partial charge in [-0.1, -0.05) is 17.7 Å². The molecule has 1 rings (SSSR count). The van der Waals surface area contributed by atoms with Gasteiger partial charge in [0.25, 0.3) is 0 Å². The van der Waals surface area contributed by atoms with E-state index in [1.165, 1.54) is 0 Å². The minimum atomic E-state index is -0.422. The largest absolute Gasteiger partial charge is 0.462 e. The van der Waals surface area contributed by atoms with Crippen molar-refractivity contribution in [1.82, 2.24) is 0 Å². The van der Waals surface area contributed by atoms with E-state index in [4.69, 9.17) is 16.3 Å². The van der Waals surface area contributed by atoms with E-state index in [2.05, 4.69) is 0 Å². The van der Waals surface area contributed by atoms with Gasteiger partial charge in [0.05, 0.1) is 17.2 Å². The molecule has 0 aliphatic heterocycles. The van der Waals surface area contributed by atoms with Crippen LogP contribution in [-0.2, 0) is 16.0 Å². The Morgan fingerprint density at radius 1 is 1.50 bits per heavy atom. The van der Waals surface area contributed by atoms with Crippen molar-refractivity contribution in [3.8, 4) is 0 Å². The minimum absolute atomic E-state index is 0.321. The fraction of sp³-hybridized carbons (Fsp3) is 0.333. The molecule has 0 spiro atoms. The van der Waals surface area contributed by atoms with Crippen molar-refractivity contribution in [3.05, 3.63) is 34.3 Å². The van der Waals surface area contributed by atoms with Crippen LogP contribution in [-0.4, -0.2) is 18.9 Å². The van der Waals surface area contributed by atoms with Gasteiger partial charge in [-0.25, -0.2) is 4.79 Å². The molecule has 0 aliphatic carbocycles. The number of carbonyl (C=O) groups excluding carboxylic acids is 2. The molecule has 4 heteroatoms. The summed E-state index contributed by atoms with van der Waals surface area (Å²) in [5.41, 5.74) is 1.29. The van der Waals surface area contributed by atoms with Crippen LogP contribution in [0.5, 0.6) is 0 Å². The topological polar surface area (TPSA) is 43.4 Å². The lowest BCUT2D eigenvalue weighted by Crippen LogP contribution is -2.05. The van der Waals surface area contributed by atoms with Crippen molar-refractivity contribution in [3.63, 3.8) is 0 Å². The van der Waals surface area contributed by atoms with Crippen LogP contribution in [0, 0.1) is 0 Å². The predicted molar refractivity (Wildman–Crippen MR) is 61.8 cm³/mol. The first-order chi connectivity index (χ1) is 7.69. The van der Waals surface area contributed by atoms with Gasteiger partial charge in [-0.05, 0) is 31.0 Å². The standard InChI is InChI=1S/C12H13ClO3/c1-2-16-12(15)10-6-5-9(4-3-7-14)8-11(10)13/h5-8H,2-4H2,1H3. The van der Waals surface area contributed by atoms with Crippen LogP contribution in [0.15, 0.2) is 18.2 Å². The van der Waals surface area contributed by atoms with Crippen LogP contribution < -0.4 is 0 Å². The monoisotopic (exact) mass is 240 g/mol. The summed E-state index contributed by atoms with van der Waals surface area (Å²) < 4.78 is 4.85. The Hall–Kier alpha value is -1.35. The van der Waals surface area contributed by atoms with Crippen LogP contribution in [0.25, 0.3) is 0 Å². The van der Waals surface area contributed by atoms with E-state index in [1.807, 2.05) is 0 Å². The maximum atomic E-state index is 11.4. The molecule has 1 aromatic rings. The second-order valence-corrected chi connectivity index (χ2v) is 3.65. The predicted octanol–water partition coefficient (Wildman–Crippen LogP) is 2.65. The number of hydrogen-bond donors (Lipinski definition) is 0. The molecule has 0 saturated carbocycles. The van der Waals surface area contributed by atoms with E-state index in [9.17, 15) is 9.59 Å². The van der Waals surface area contributed by atoms with Gasteiger partial charge < -0.3 is 9.53 Å². The average Bonchev–Trinajstić information content (AvgIpc) is 2.26. The van der Waals surface area contributed by atoms with E-state index in [-0.39, 0.29) is 0 Å². The molecular formula is C12H13ClO3. The number of halogens is 1. The molecule has 1 aromatic carbocycles. The van der Waals surface area contributed by atoms with Gasteiger partial charge in [0.2, 0.25) is 0 Å². The van der Waals surface area contributed by atoms with Gasteiger partial charge in [0, 0.05) is 6.42 Å². The SMILES string of the molecule is CCOC(=O)c1ccc(CCC=O)cc1Cl. The summed E-state index contributed by atoms with van der Waals surface area (Å²) in [5, 5.41) is 0.363. The van der Waals surface area contributed by atoms with E-state index >= 15 is 0 Å². The second kappa shape index (κ2) is 6.28. The smallest absolute Gasteiger partial charge is 0.339 e. The molecule has 0 atom stereocenters. The van der Waals surface area contributed by atoms with Crippen LogP contribution in [0.4, 0.5) is 0 Å². The summed E-state index contributed by atoms with van der Waals surface area (Å²) in [6.07, 6.45) is 1.94. The van der Waals surface area contributed by atoms with Gasteiger partial charge >= 0.3 is 5.97 Å². The third-order valence-electron chi connectivity index (χ3n) is 2.08. The number of esters is 1. The number of aryl methyl sites for hydroxylation is 1. The fourth-order valence-electron chi connectivity index (χ4n) is 1.31. The number of carbonyl (C=O) groups is 2. The first kappa shape index (κ1) is 12.7. The van der Waals surface area contributed by atoms with E-state index in [0.29, 0.717) is 30.0 Å². The zero-order valence-electron chi connectivity index (χ0n) is 9.03. The fourth-order valence-corrected chi connectivity index (χ4v) is 1.59.